The number of hydrogen-bond acceptors (Lipinski definition) is 6. The Labute approximate surface area is 232 Å². The Morgan fingerprint density at radius 2 is 1.82 bits per heavy atom. The van der Waals surface area contributed by atoms with Crippen molar-refractivity contribution in [1.82, 2.24) is 0 Å². The minimum Gasteiger partial charge on any atom is -0.464 e. The first kappa shape index (κ1) is 29.8. The fourth-order valence-electron chi connectivity index (χ4n) is 6.19. The van der Waals surface area contributed by atoms with Crippen LogP contribution in [0.1, 0.15) is 62.7 Å². The molecule has 0 saturated heterocycles. The maximum absolute atomic E-state index is 13.7. The van der Waals surface area contributed by atoms with Gasteiger partial charge in [0.1, 0.15) is 5.75 Å². The van der Waals surface area contributed by atoms with Crippen molar-refractivity contribution in [2.45, 2.75) is 75.9 Å². The molecule has 1 N–H and O–H groups in total. The third-order valence-electron chi connectivity index (χ3n) is 8.03. The summed E-state index contributed by atoms with van der Waals surface area (Å²) in [5.74, 6) is -3.15. The molecule has 6 atom stereocenters. The lowest BCUT2D eigenvalue weighted by atomic mass is 9.80. The molecule has 2 bridgehead atoms. The van der Waals surface area contributed by atoms with Gasteiger partial charge in [-0.1, -0.05) is 20.3 Å². The Kier molecular flexibility index (Phi) is 8.62. The molecule has 0 aliphatic heterocycles. The van der Waals surface area contributed by atoms with Crippen LogP contribution in [0.25, 0.3) is 0 Å². The van der Waals surface area contributed by atoms with Gasteiger partial charge in [-0.25, -0.2) is 4.79 Å². The van der Waals surface area contributed by atoms with E-state index in [2.05, 4.69) is 4.74 Å². The van der Waals surface area contributed by atoms with Gasteiger partial charge in [-0.2, -0.15) is 26.0 Å². The van der Waals surface area contributed by atoms with Gasteiger partial charge in [0.15, 0.2) is 0 Å². The van der Waals surface area contributed by atoms with Crippen molar-refractivity contribution in [3.8, 4) is 5.75 Å². The first-order valence-corrected chi connectivity index (χ1v) is 15.2. The van der Waals surface area contributed by atoms with Crippen molar-refractivity contribution < 1.29 is 49.5 Å². The molecule has 0 amide bonds. The molecule has 1 aromatic rings. The number of ether oxygens (including phenoxy) is 3. The summed E-state index contributed by atoms with van der Waals surface area (Å²) in [6.07, 6.45) is 3.77. The zero-order chi connectivity index (χ0) is 28.0. The van der Waals surface area contributed by atoms with Gasteiger partial charge in [0, 0.05) is 5.92 Å². The predicted molar refractivity (Wildman–Crippen MR) is 137 cm³/mol. The molecule has 1 aromatic carbocycles. The summed E-state index contributed by atoms with van der Waals surface area (Å²) < 4.78 is 102. The predicted octanol–water partition coefficient (Wildman–Crippen LogP) is 6.16. The van der Waals surface area contributed by atoms with Gasteiger partial charge in [-0.3, -0.25) is 4.55 Å². The van der Waals surface area contributed by atoms with E-state index in [1.54, 1.807) is 6.07 Å². The highest BCUT2D eigenvalue weighted by atomic mass is 127. The second kappa shape index (κ2) is 11.0. The topological polar surface area (TPSA) is 99.1 Å². The number of carbonyl (C=O) groups is 1. The van der Waals surface area contributed by atoms with Gasteiger partial charge in [0.25, 0.3) is 0 Å². The van der Waals surface area contributed by atoms with Crippen LogP contribution in [-0.4, -0.2) is 49.1 Å². The highest BCUT2D eigenvalue weighted by Gasteiger charge is 2.65. The van der Waals surface area contributed by atoms with Crippen molar-refractivity contribution in [2.24, 2.45) is 29.6 Å². The number of esters is 1. The number of rotatable bonds is 11. The molecular weight excluding hydrogens is 647 g/mol. The van der Waals surface area contributed by atoms with Gasteiger partial charge in [-0.05, 0) is 90.1 Å². The number of benzene rings is 1. The molecule has 7 nitrogen and oxygen atoms in total. The van der Waals surface area contributed by atoms with Crippen LogP contribution in [0, 0.1) is 33.2 Å². The number of hydrogen-bond donors (Lipinski definition) is 1. The Morgan fingerprint density at radius 1 is 1.13 bits per heavy atom. The Morgan fingerprint density at radius 3 is 2.47 bits per heavy atom. The molecule has 4 rings (SSSR count). The Bertz CT molecular complexity index is 1150. The van der Waals surface area contributed by atoms with E-state index in [0.29, 0.717) is 21.2 Å². The monoisotopic (exact) mass is 678 g/mol. The molecule has 3 saturated carbocycles. The average Bonchev–Trinajstić information content (AvgIpc) is 3.52. The molecule has 6 unspecified atom stereocenters. The second-order valence-corrected chi connectivity index (χ2v) is 13.4. The van der Waals surface area contributed by atoms with Gasteiger partial charge in [-0.15, -0.1) is 0 Å². The summed E-state index contributed by atoms with van der Waals surface area (Å²) in [6.45, 7) is 2.72. The van der Waals surface area contributed by atoms with Crippen LogP contribution in [0.15, 0.2) is 18.2 Å². The fourth-order valence-corrected chi connectivity index (χ4v) is 7.13. The van der Waals surface area contributed by atoms with Gasteiger partial charge in [0.2, 0.25) is 6.29 Å². The number of halogens is 5. The van der Waals surface area contributed by atoms with Crippen LogP contribution < -0.4 is 4.74 Å². The maximum Gasteiger partial charge on any atom is 0.431 e. The number of carbonyl (C=O) groups excluding carboxylic acids is 1. The van der Waals surface area contributed by atoms with Crippen molar-refractivity contribution in [3.05, 3.63) is 27.3 Å². The van der Waals surface area contributed by atoms with Crippen molar-refractivity contribution in [1.29, 1.82) is 0 Å². The molecule has 0 heterocycles. The van der Waals surface area contributed by atoms with Gasteiger partial charge >= 0.3 is 27.3 Å². The summed E-state index contributed by atoms with van der Waals surface area (Å²) in [5, 5.41) is -5.72. The van der Waals surface area contributed by atoms with Gasteiger partial charge in [0.05, 0.1) is 28.3 Å². The molecule has 0 radical (unpaired) electrons. The van der Waals surface area contributed by atoms with Crippen molar-refractivity contribution >= 4 is 38.7 Å². The zero-order valence-corrected chi connectivity index (χ0v) is 23.9. The van der Waals surface area contributed by atoms with E-state index < -0.39 is 46.6 Å². The molecule has 0 spiro atoms. The van der Waals surface area contributed by atoms with E-state index in [0.717, 1.165) is 18.3 Å². The Balaban J connectivity index is 1.38. The fraction of sp³-hybridized carbons (Fsp3) is 0.720. The first-order chi connectivity index (χ1) is 17.6. The summed E-state index contributed by atoms with van der Waals surface area (Å²) >= 11 is 2.02. The zero-order valence-electron chi connectivity index (χ0n) is 20.9. The van der Waals surface area contributed by atoms with Gasteiger partial charge < -0.3 is 14.2 Å². The van der Waals surface area contributed by atoms with Crippen molar-refractivity contribution in [2.75, 3.05) is 6.61 Å². The van der Waals surface area contributed by atoms with Crippen LogP contribution in [0.3, 0.4) is 0 Å². The smallest absolute Gasteiger partial charge is 0.431 e. The number of alkyl halides is 4. The standard InChI is InChI=1S/C25H31F4IO7S/c1-13(2)23(36-20-12-15-10-18(20)17-5-3-4-16(15)17)37-21-11-14(6-7-19(21)30)22(31)35-9-8-24(26,27)25(28,29)38(32,33)34/h6-7,11,13,15-18,20,23H,3-5,8-10,12H2,1-2H3,(H,32,33,34). The molecular formula is C25H31F4IO7S. The van der Waals surface area contributed by atoms with E-state index in [1.807, 2.05) is 36.4 Å². The SMILES string of the molecule is CC(C)C(Oc1cc(C(=O)OCCC(F)(F)C(F)(F)S(=O)(=O)O)ccc1I)OC1CC2CC1C1CCCC21. The molecule has 0 aromatic heterocycles. The highest BCUT2D eigenvalue weighted by molar-refractivity contribution is 14.1. The number of fused-ring (bicyclic) bond motifs is 5. The average molecular weight is 678 g/mol. The molecule has 3 fully saturated rings. The minimum absolute atomic E-state index is 0.00777. The maximum atomic E-state index is 13.7. The molecule has 214 valence electrons. The van der Waals surface area contributed by atoms with Crippen LogP contribution >= 0.6 is 22.6 Å². The lowest BCUT2D eigenvalue weighted by Gasteiger charge is -2.35. The normalized spacial score (nSPS) is 28.0. The van der Waals surface area contributed by atoms with E-state index in [4.69, 9.17) is 14.0 Å². The second-order valence-electron chi connectivity index (χ2n) is 10.8. The lowest BCUT2D eigenvalue weighted by molar-refractivity contribution is -0.168. The lowest BCUT2D eigenvalue weighted by Crippen LogP contribution is -2.47. The quantitative estimate of drug-likeness (QED) is 0.0985. The third-order valence-corrected chi connectivity index (χ3v) is 9.87. The molecule has 3 aliphatic carbocycles. The molecule has 38 heavy (non-hydrogen) atoms. The summed E-state index contributed by atoms with van der Waals surface area (Å²) in [5.41, 5.74) is -0.0681. The Hall–Kier alpha value is -1.19. The van der Waals surface area contributed by atoms with E-state index in [1.165, 1.54) is 37.8 Å². The highest BCUT2D eigenvalue weighted by Crippen LogP contribution is 2.59. The van der Waals surface area contributed by atoms with Crippen LogP contribution in [0.5, 0.6) is 5.75 Å². The third kappa shape index (κ3) is 5.80. The summed E-state index contributed by atoms with van der Waals surface area (Å²) in [7, 11) is -6.36. The van der Waals surface area contributed by atoms with E-state index in [-0.39, 0.29) is 17.6 Å². The van der Waals surface area contributed by atoms with E-state index in [9.17, 15) is 30.8 Å². The van der Waals surface area contributed by atoms with Crippen LogP contribution in [0.4, 0.5) is 17.6 Å². The summed E-state index contributed by atoms with van der Waals surface area (Å²) in [6, 6.07) is 4.29. The van der Waals surface area contributed by atoms with Crippen LogP contribution in [0.2, 0.25) is 0 Å². The van der Waals surface area contributed by atoms with Crippen molar-refractivity contribution in [3.63, 3.8) is 0 Å². The van der Waals surface area contributed by atoms with E-state index >= 15 is 0 Å². The first-order valence-electron chi connectivity index (χ1n) is 12.6. The largest absolute Gasteiger partial charge is 0.464 e. The van der Waals surface area contributed by atoms with Crippen LogP contribution in [-0.2, 0) is 19.6 Å². The molecule has 13 heteroatoms. The summed E-state index contributed by atoms with van der Waals surface area (Å²) in [4.78, 5) is 12.4. The minimum atomic E-state index is -6.36. The molecule has 3 aliphatic rings.